The molecule has 0 unspecified atom stereocenters. The second-order valence-electron chi connectivity index (χ2n) is 9.71. The van der Waals surface area contributed by atoms with E-state index in [2.05, 4.69) is 29.3 Å². The van der Waals surface area contributed by atoms with Crippen molar-refractivity contribution in [2.45, 2.75) is 37.3 Å². The SMILES string of the molecule is COc1cccc(-c2cn(COCC[Si](C)(C)C)c3nccc(NS(=O)(=O)c4cccc(Cl)c4)c23)c1. The number of aromatic nitrogens is 2. The smallest absolute Gasteiger partial charge is 0.261 e. The summed E-state index contributed by atoms with van der Waals surface area (Å²) in [6, 6.07) is 16.5. The van der Waals surface area contributed by atoms with Crippen molar-refractivity contribution in [3.63, 3.8) is 0 Å². The molecule has 0 aliphatic carbocycles. The average Bonchev–Trinajstić information content (AvgIpc) is 3.21. The number of pyridine rings is 1. The van der Waals surface area contributed by atoms with Crippen molar-refractivity contribution in [1.82, 2.24) is 9.55 Å². The fraction of sp³-hybridized carbons (Fsp3) is 0.269. The van der Waals surface area contributed by atoms with Gasteiger partial charge < -0.3 is 14.0 Å². The molecule has 0 atom stereocenters. The van der Waals surface area contributed by atoms with Crippen LogP contribution in [0.5, 0.6) is 5.75 Å². The van der Waals surface area contributed by atoms with Crippen LogP contribution in [-0.4, -0.2) is 39.8 Å². The van der Waals surface area contributed by atoms with Crippen LogP contribution < -0.4 is 9.46 Å². The van der Waals surface area contributed by atoms with Gasteiger partial charge in [0.25, 0.3) is 10.0 Å². The first-order valence-corrected chi connectivity index (χ1v) is 17.1. The van der Waals surface area contributed by atoms with Gasteiger partial charge >= 0.3 is 0 Å². The molecule has 2 aromatic carbocycles. The van der Waals surface area contributed by atoms with Crippen molar-refractivity contribution in [3.8, 4) is 16.9 Å². The first kappa shape index (κ1) is 26.2. The third-order valence-corrected chi connectivity index (χ3v) is 9.02. The first-order chi connectivity index (χ1) is 17.1. The predicted molar refractivity (Wildman–Crippen MR) is 148 cm³/mol. The van der Waals surface area contributed by atoms with E-state index in [-0.39, 0.29) is 4.90 Å². The van der Waals surface area contributed by atoms with Crippen LogP contribution in [0.3, 0.4) is 0 Å². The molecule has 0 saturated carbocycles. The highest BCUT2D eigenvalue weighted by Crippen LogP contribution is 2.37. The molecule has 36 heavy (non-hydrogen) atoms. The number of hydrogen-bond donors (Lipinski definition) is 1. The summed E-state index contributed by atoms with van der Waals surface area (Å²) < 4.78 is 42.5. The van der Waals surface area contributed by atoms with Gasteiger partial charge in [0.1, 0.15) is 18.1 Å². The third-order valence-electron chi connectivity index (χ3n) is 5.72. The standard InChI is InChI=1S/C26H30ClN3O4SSi/c1-33-21-9-5-7-19(15-21)23-17-30(18-34-13-14-36(2,3)4)26-25(23)24(11-12-28-26)29-35(31,32)22-10-6-8-20(27)16-22/h5-12,15-17H,13-14,18H2,1-4H3,(H,28,29). The predicted octanol–water partition coefficient (Wildman–Crippen LogP) is 6.48. The maximum absolute atomic E-state index is 13.2. The molecular formula is C26H30ClN3O4SSi. The summed E-state index contributed by atoms with van der Waals surface area (Å²) in [7, 11) is -3.51. The Morgan fingerprint density at radius 1 is 1.08 bits per heavy atom. The van der Waals surface area contributed by atoms with E-state index in [1.165, 1.54) is 12.1 Å². The van der Waals surface area contributed by atoms with E-state index in [1.54, 1.807) is 31.5 Å². The molecule has 0 bridgehead atoms. The van der Waals surface area contributed by atoms with Crippen LogP contribution in [0.25, 0.3) is 22.2 Å². The maximum Gasteiger partial charge on any atom is 0.261 e. The lowest BCUT2D eigenvalue weighted by Crippen LogP contribution is -2.22. The molecule has 0 radical (unpaired) electrons. The van der Waals surface area contributed by atoms with Gasteiger partial charge in [0.2, 0.25) is 0 Å². The molecule has 0 saturated heterocycles. The van der Waals surface area contributed by atoms with Gasteiger partial charge in [-0.3, -0.25) is 4.72 Å². The Morgan fingerprint density at radius 3 is 2.58 bits per heavy atom. The normalized spacial score (nSPS) is 12.1. The largest absolute Gasteiger partial charge is 0.497 e. The molecule has 4 aromatic rings. The number of ether oxygens (including phenoxy) is 2. The van der Waals surface area contributed by atoms with E-state index in [0.29, 0.717) is 40.8 Å². The van der Waals surface area contributed by atoms with Crippen molar-refractivity contribution in [2.24, 2.45) is 0 Å². The van der Waals surface area contributed by atoms with Crippen LogP contribution in [0.4, 0.5) is 5.69 Å². The number of benzene rings is 2. The van der Waals surface area contributed by atoms with Gasteiger partial charge in [-0.2, -0.15) is 0 Å². The van der Waals surface area contributed by atoms with Crippen LogP contribution in [0.15, 0.2) is 71.9 Å². The van der Waals surface area contributed by atoms with E-state index in [1.807, 2.05) is 35.0 Å². The molecule has 4 rings (SSSR count). The summed E-state index contributed by atoms with van der Waals surface area (Å²) in [6.07, 6.45) is 3.53. The highest BCUT2D eigenvalue weighted by atomic mass is 35.5. The summed E-state index contributed by atoms with van der Waals surface area (Å²) in [5.41, 5.74) is 2.72. The molecule has 10 heteroatoms. The van der Waals surface area contributed by atoms with Crippen LogP contribution in [0.2, 0.25) is 30.7 Å². The highest BCUT2D eigenvalue weighted by molar-refractivity contribution is 7.92. The third kappa shape index (κ3) is 6.10. The van der Waals surface area contributed by atoms with Crippen molar-refractivity contribution in [2.75, 3.05) is 18.4 Å². The Bertz CT molecular complexity index is 1480. The molecule has 2 heterocycles. The van der Waals surface area contributed by atoms with E-state index in [4.69, 9.17) is 21.1 Å². The minimum atomic E-state index is -3.89. The number of sulfonamides is 1. The topological polar surface area (TPSA) is 82.4 Å². The van der Waals surface area contributed by atoms with Gasteiger partial charge in [0, 0.05) is 37.7 Å². The quantitative estimate of drug-likeness (QED) is 0.183. The van der Waals surface area contributed by atoms with Crippen molar-refractivity contribution in [3.05, 3.63) is 72.0 Å². The summed E-state index contributed by atoms with van der Waals surface area (Å²) in [5, 5.41) is 1.02. The summed E-state index contributed by atoms with van der Waals surface area (Å²) in [4.78, 5) is 4.66. The van der Waals surface area contributed by atoms with Gasteiger partial charge in [-0.05, 0) is 48.0 Å². The maximum atomic E-state index is 13.2. The number of halogens is 1. The second-order valence-corrected chi connectivity index (χ2v) is 17.5. The minimum Gasteiger partial charge on any atom is -0.497 e. The zero-order chi connectivity index (χ0) is 25.9. The molecule has 0 fully saturated rings. The highest BCUT2D eigenvalue weighted by Gasteiger charge is 2.21. The van der Waals surface area contributed by atoms with Crippen molar-refractivity contribution < 1.29 is 17.9 Å². The van der Waals surface area contributed by atoms with E-state index < -0.39 is 18.1 Å². The number of anilines is 1. The van der Waals surface area contributed by atoms with E-state index in [9.17, 15) is 8.42 Å². The molecule has 0 amide bonds. The summed E-state index contributed by atoms with van der Waals surface area (Å²) in [5.74, 6) is 0.699. The Hall–Kier alpha value is -2.85. The number of nitrogens with one attached hydrogen (secondary N) is 1. The molecule has 0 aliphatic rings. The van der Waals surface area contributed by atoms with Crippen molar-refractivity contribution in [1.29, 1.82) is 0 Å². The Kier molecular flexibility index (Phi) is 7.75. The Labute approximate surface area is 218 Å². The number of rotatable bonds is 10. The summed E-state index contributed by atoms with van der Waals surface area (Å²) >= 11 is 6.05. The Balaban J connectivity index is 1.79. The fourth-order valence-electron chi connectivity index (χ4n) is 3.79. The van der Waals surface area contributed by atoms with Gasteiger partial charge in [0.05, 0.1) is 23.1 Å². The van der Waals surface area contributed by atoms with Crippen LogP contribution >= 0.6 is 11.6 Å². The van der Waals surface area contributed by atoms with Crippen LogP contribution in [0, 0.1) is 0 Å². The number of nitrogens with zero attached hydrogens (tertiary/aromatic N) is 2. The molecule has 0 aliphatic heterocycles. The molecule has 7 nitrogen and oxygen atoms in total. The summed E-state index contributed by atoms with van der Waals surface area (Å²) in [6.45, 7) is 7.89. The average molecular weight is 544 g/mol. The molecular weight excluding hydrogens is 514 g/mol. The monoisotopic (exact) mass is 543 g/mol. The fourth-order valence-corrected chi connectivity index (χ4v) is 5.92. The second kappa shape index (κ2) is 10.6. The zero-order valence-corrected chi connectivity index (χ0v) is 23.4. The van der Waals surface area contributed by atoms with Gasteiger partial charge in [-0.1, -0.05) is 49.4 Å². The zero-order valence-electron chi connectivity index (χ0n) is 20.8. The lowest BCUT2D eigenvalue weighted by molar-refractivity contribution is 0.0899. The Morgan fingerprint density at radius 2 is 1.86 bits per heavy atom. The lowest BCUT2D eigenvalue weighted by atomic mass is 10.0. The first-order valence-electron chi connectivity index (χ1n) is 11.6. The molecule has 190 valence electrons. The van der Waals surface area contributed by atoms with E-state index >= 15 is 0 Å². The van der Waals surface area contributed by atoms with E-state index in [0.717, 1.165) is 17.2 Å². The minimum absolute atomic E-state index is 0.0806. The van der Waals surface area contributed by atoms with Crippen molar-refractivity contribution >= 4 is 46.4 Å². The van der Waals surface area contributed by atoms with Gasteiger partial charge in [-0.15, -0.1) is 0 Å². The molecule has 2 aromatic heterocycles. The number of fused-ring (bicyclic) bond motifs is 1. The number of hydrogen-bond acceptors (Lipinski definition) is 5. The van der Waals surface area contributed by atoms with Crippen LogP contribution in [-0.2, 0) is 21.5 Å². The van der Waals surface area contributed by atoms with Gasteiger partial charge in [0.15, 0.2) is 0 Å². The van der Waals surface area contributed by atoms with Gasteiger partial charge in [-0.25, -0.2) is 13.4 Å². The number of methoxy groups -OCH3 is 1. The molecule has 0 spiro atoms. The molecule has 1 N–H and O–H groups in total. The van der Waals surface area contributed by atoms with Crippen LogP contribution in [0.1, 0.15) is 0 Å². The lowest BCUT2D eigenvalue weighted by Gasteiger charge is -2.15.